The molecule has 0 saturated carbocycles. The van der Waals surface area contributed by atoms with Crippen molar-refractivity contribution < 1.29 is 24.1 Å². The Kier molecular flexibility index (Phi) is 12.9. The Morgan fingerprint density at radius 2 is 1.53 bits per heavy atom. The summed E-state index contributed by atoms with van der Waals surface area (Å²) in [5.74, 6) is -0.723. The Labute approximate surface area is 103 Å². The Balaban J connectivity index is 2.91. The second-order valence-corrected chi connectivity index (χ2v) is 3.78. The maximum absolute atomic E-state index is 10.2. The molecule has 5 heteroatoms. The number of aliphatic carboxylic acids is 1. The molecular formula is C12H24O5. The first-order valence-corrected chi connectivity index (χ1v) is 6.13. The SMILES string of the molecule is COCCOCCCOCCCCCC(=O)O. The van der Waals surface area contributed by atoms with Gasteiger partial charge in [-0.1, -0.05) is 6.42 Å². The molecular weight excluding hydrogens is 224 g/mol. The van der Waals surface area contributed by atoms with Crippen molar-refractivity contribution in [2.45, 2.75) is 32.1 Å². The molecule has 1 N–H and O–H groups in total. The Morgan fingerprint density at radius 1 is 0.882 bits per heavy atom. The first kappa shape index (κ1) is 16.4. The molecule has 0 fully saturated rings. The lowest BCUT2D eigenvalue weighted by Gasteiger charge is -2.05. The summed E-state index contributed by atoms with van der Waals surface area (Å²) in [5.41, 5.74) is 0. The van der Waals surface area contributed by atoms with Gasteiger partial charge in [-0.25, -0.2) is 0 Å². The van der Waals surface area contributed by atoms with Crippen LogP contribution in [-0.4, -0.2) is 51.2 Å². The topological polar surface area (TPSA) is 65.0 Å². The molecule has 0 radical (unpaired) electrons. The maximum Gasteiger partial charge on any atom is 0.303 e. The molecule has 0 spiro atoms. The van der Waals surface area contributed by atoms with Gasteiger partial charge >= 0.3 is 5.97 Å². The smallest absolute Gasteiger partial charge is 0.303 e. The summed E-state index contributed by atoms with van der Waals surface area (Å²) < 4.78 is 15.5. The molecule has 0 aliphatic rings. The van der Waals surface area contributed by atoms with Crippen LogP contribution in [0.2, 0.25) is 0 Å². The van der Waals surface area contributed by atoms with Crippen LogP contribution in [0.3, 0.4) is 0 Å². The van der Waals surface area contributed by atoms with E-state index in [1.165, 1.54) is 0 Å². The van der Waals surface area contributed by atoms with Crippen LogP contribution in [0, 0.1) is 0 Å². The molecule has 0 aromatic carbocycles. The minimum atomic E-state index is -0.723. The van der Waals surface area contributed by atoms with E-state index in [1.807, 2.05) is 0 Å². The minimum absolute atomic E-state index is 0.257. The van der Waals surface area contributed by atoms with Crippen molar-refractivity contribution in [3.63, 3.8) is 0 Å². The van der Waals surface area contributed by atoms with E-state index in [0.717, 1.165) is 25.7 Å². The molecule has 0 amide bonds. The van der Waals surface area contributed by atoms with Gasteiger partial charge in [0.25, 0.3) is 0 Å². The zero-order valence-electron chi connectivity index (χ0n) is 10.7. The summed E-state index contributed by atoms with van der Waals surface area (Å²) in [6, 6.07) is 0. The summed E-state index contributed by atoms with van der Waals surface area (Å²) in [4.78, 5) is 10.2. The van der Waals surface area contributed by atoms with Gasteiger partial charge in [0.1, 0.15) is 0 Å². The van der Waals surface area contributed by atoms with Crippen LogP contribution >= 0.6 is 0 Å². The van der Waals surface area contributed by atoms with Crippen LogP contribution < -0.4 is 0 Å². The third kappa shape index (κ3) is 15.4. The van der Waals surface area contributed by atoms with Gasteiger partial charge in [0.2, 0.25) is 0 Å². The fraction of sp³-hybridized carbons (Fsp3) is 0.917. The quantitative estimate of drug-likeness (QED) is 0.503. The van der Waals surface area contributed by atoms with Gasteiger partial charge in [-0.3, -0.25) is 4.79 Å². The van der Waals surface area contributed by atoms with Crippen LogP contribution in [0.5, 0.6) is 0 Å². The predicted molar refractivity (Wildman–Crippen MR) is 64.2 cm³/mol. The number of carbonyl (C=O) groups is 1. The molecule has 0 aliphatic carbocycles. The zero-order chi connectivity index (χ0) is 12.8. The van der Waals surface area contributed by atoms with E-state index in [-0.39, 0.29) is 6.42 Å². The van der Waals surface area contributed by atoms with Gasteiger partial charge in [-0.05, 0) is 19.3 Å². The van der Waals surface area contributed by atoms with Crippen molar-refractivity contribution in [3.8, 4) is 0 Å². The standard InChI is InChI=1S/C12H24O5/c1-15-10-11-17-9-5-8-16-7-4-2-3-6-12(13)14/h2-11H2,1H3,(H,13,14). The summed E-state index contributed by atoms with van der Waals surface area (Å²) in [6.07, 6.45) is 3.72. The van der Waals surface area contributed by atoms with Gasteiger partial charge < -0.3 is 19.3 Å². The molecule has 0 bridgehead atoms. The van der Waals surface area contributed by atoms with Gasteiger partial charge in [-0.15, -0.1) is 0 Å². The zero-order valence-corrected chi connectivity index (χ0v) is 10.7. The predicted octanol–water partition coefficient (Wildman–Crippen LogP) is 1.70. The number of methoxy groups -OCH3 is 1. The molecule has 0 heterocycles. The molecule has 5 nitrogen and oxygen atoms in total. The molecule has 0 aromatic rings. The molecule has 102 valence electrons. The highest BCUT2D eigenvalue weighted by Crippen LogP contribution is 2.00. The lowest BCUT2D eigenvalue weighted by Crippen LogP contribution is -2.06. The average Bonchev–Trinajstić information content (AvgIpc) is 2.30. The van der Waals surface area contributed by atoms with Crippen molar-refractivity contribution in [1.82, 2.24) is 0 Å². The maximum atomic E-state index is 10.2. The van der Waals surface area contributed by atoms with E-state index >= 15 is 0 Å². The fourth-order valence-corrected chi connectivity index (χ4v) is 1.27. The van der Waals surface area contributed by atoms with Crippen molar-refractivity contribution in [3.05, 3.63) is 0 Å². The van der Waals surface area contributed by atoms with Crippen molar-refractivity contribution >= 4 is 5.97 Å². The minimum Gasteiger partial charge on any atom is -0.481 e. The molecule has 17 heavy (non-hydrogen) atoms. The Morgan fingerprint density at radius 3 is 2.18 bits per heavy atom. The van der Waals surface area contributed by atoms with Gasteiger partial charge in [0.15, 0.2) is 0 Å². The average molecular weight is 248 g/mol. The third-order valence-electron chi connectivity index (χ3n) is 2.19. The number of rotatable bonds is 13. The van der Waals surface area contributed by atoms with Crippen molar-refractivity contribution in [2.24, 2.45) is 0 Å². The van der Waals surface area contributed by atoms with E-state index in [4.69, 9.17) is 19.3 Å². The summed E-state index contributed by atoms with van der Waals surface area (Å²) in [5, 5.41) is 8.42. The van der Waals surface area contributed by atoms with Crippen LogP contribution in [0.25, 0.3) is 0 Å². The van der Waals surface area contributed by atoms with E-state index in [9.17, 15) is 4.79 Å². The van der Waals surface area contributed by atoms with Gasteiger partial charge in [0.05, 0.1) is 13.2 Å². The molecule has 0 atom stereocenters. The van der Waals surface area contributed by atoms with E-state index in [0.29, 0.717) is 33.0 Å². The number of hydrogen-bond donors (Lipinski definition) is 1. The van der Waals surface area contributed by atoms with Crippen LogP contribution in [0.1, 0.15) is 32.1 Å². The van der Waals surface area contributed by atoms with Crippen molar-refractivity contribution in [2.75, 3.05) is 40.1 Å². The second-order valence-electron chi connectivity index (χ2n) is 3.78. The van der Waals surface area contributed by atoms with Gasteiger partial charge in [0, 0.05) is 33.4 Å². The van der Waals surface area contributed by atoms with E-state index in [1.54, 1.807) is 7.11 Å². The molecule has 0 saturated heterocycles. The number of hydrogen-bond acceptors (Lipinski definition) is 4. The first-order chi connectivity index (χ1) is 8.27. The fourth-order valence-electron chi connectivity index (χ4n) is 1.27. The van der Waals surface area contributed by atoms with Crippen LogP contribution in [-0.2, 0) is 19.0 Å². The highest BCUT2D eigenvalue weighted by atomic mass is 16.5. The Hall–Kier alpha value is -0.650. The van der Waals surface area contributed by atoms with E-state index in [2.05, 4.69) is 0 Å². The monoisotopic (exact) mass is 248 g/mol. The van der Waals surface area contributed by atoms with Crippen LogP contribution in [0.4, 0.5) is 0 Å². The second kappa shape index (κ2) is 13.4. The highest BCUT2D eigenvalue weighted by molar-refractivity contribution is 5.66. The van der Waals surface area contributed by atoms with Crippen LogP contribution in [0.15, 0.2) is 0 Å². The van der Waals surface area contributed by atoms with E-state index < -0.39 is 5.97 Å². The normalized spacial score (nSPS) is 10.6. The Bertz CT molecular complexity index is 172. The van der Waals surface area contributed by atoms with Crippen molar-refractivity contribution in [1.29, 1.82) is 0 Å². The number of unbranched alkanes of at least 4 members (excludes halogenated alkanes) is 2. The highest BCUT2D eigenvalue weighted by Gasteiger charge is 1.96. The first-order valence-electron chi connectivity index (χ1n) is 6.13. The summed E-state index contributed by atoms with van der Waals surface area (Å²) >= 11 is 0. The summed E-state index contributed by atoms with van der Waals surface area (Å²) in [7, 11) is 1.65. The lowest BCUT2D eigenvalue weighted by atomic mass is 10.2. The molecule has 0 rings (SSSR count). The molecule has 0 unspecified atom stereocenters. The summed E-state index contributed by atoms with van der Waals surface area (Å²) in [6.45, 7) is 3.36. The number of carboxylic acids is 1. The molecule has 0 aromatic heterocycles. The molecule has 0 aliphatic heterocycles. The third-order valence-corrected chi connectivity index (χ3v) is 2.19. The number of carboxylic acid groups (broad SMARTS) is 1. The van der Waals surface area contributed by atoms with Gasteiger partial charge in [-0.2, -0.15) is 0 Å². The largest absolute Gasteiger partial charge is 0.481 e. The number of ether oxygens (including phenoxy) is 3. The lowest BCUT2D eigenvalue weighted by molar-refractivity contribution is -0.137.